The zero-order valence-corrected chi connectivity index (χ0v) is 18.8. The zero-order chi connectivity index (χ0) is 24.4. The topological polar surface area (TPSA) is 95.6 Å². The maximum Gasteiger partial charge on any atom is 0.270 e. The normalized spacial score (nSPS) is 16.3. The average molecular weight is 472 g/mol. The SMILES string of the molecule is Cc1cnc(-c2cccc(/C=C/C(=O)NC3CC3(F)F)c2)nc1Nc1ccc(-c2cn[nH]c2)cc1. The number of carbonyl (C=O) groups excluding carboxylic acids is 1. The molecule has 1 aliphatic carbocycles. The Morgan fingerprint density at radius 1 is 1.11 bits per heavy atom. The highest BCUT2D eigenvalue weighted by Gasteiger charge is 2.57. The minimum atomic E-state index is -2.79. The average Bonchev–Trinajstić information content (AvgIpc) is 3.22. The number of carbonyl (C=O) groups is 1. The number of nitrogens with zero attached hydrogens (tertiary/aromatic N) is 3. The highest BCUT2D eigenvalue weighted by atomic mass is 19.3. The van der Waals surface area contributed by atoms with E-state index >= 15 is 0 Å². The molecule has 1 saturated carbocycles. The van der Waals surface area contributed by atoms with Gasteiger partial charge in [-0.05, 0) is 42.3 Å². The molecule has 4 aromatic rings. The first-order valence-corrected chi connectivity index (χ1v) is 11.0. The summed E-state index contributed by atoms with van der Waals surface area (Å²) < 4.78 is 25.9. The van der Waals surface area contributed by atoms with Crippen LogP contribution in [0.4, 0.5) is 20.3 Å². The lowest BCUT2D eigenvalue weighted by atomic mass is 10.1. The van der Waals surface area contributed by atoms with Gasteiger partial charge in [-0.25, -0.2) is 18.7 Å². The van der Waals surface area contributed by atoms with E-state index in [9.17, 15) is 13.6 Å². The van der Waals surface area contributed by atoms with Crippen molar-refractivity contribution in [2.24, 2.45) is 0 Å². The summed E-state index contributed by atoms with van der Waals surface area (Å²) in [6.07, 6.45) is 7.88. The summed E-state index contributed by atoms with van der Waals surface area (Å²) in [6, 6.07) is 14.2. The third-order valence-electron chi connectivity index (χ3n) is 5.67. The number of hydrogen-bond donors (Lipinski definition) is 3. The molecule has 0 spiro atoms. The molecule has 0 radical (unpaired) electrons. The number of hydrogen-bond acceptors (Lipinski definition) is 5. The molecule has 2 aromatic heterocycles. The van der Waals surface area contributed by atoms with Gasteiger partial charge in [0.05, 0.1) is 12.2 Å². The van der Waals surface area contributed by atoms with Crippen LogP contribution in [0.25, 0.3) is 28.6 Å². The standard InChI is InChI=1S/C26H22F2N6O/c1-16-13-29-25(34-24(16)32-21-8-6-18(7-9-21)20-14-30-31-15-20)19-4-2-3-17(11-19)5-10-23(35)33-22-12-26(22,27)28/h2-11,13-15,22H,12H2,1H3,(H,30,31)(H,33,35)(H,29,32,34)/b10-5+. The predicted octanol–water partition coefficient (Wildman–Crippen LogP) is 5.12. The molecule has 7 nitrogen and oxygen atoms in total. The molecular formula is C26H22F2N6O. The van der Waals surface area contributed by atoms with Crippen LogP contribution < -0.4 is 10.6 Å². The third-order valence-corrected chi connectivity index (χ3v) is 5.67. The van der Waals surface area contributed by atoms with Crippen molar-refractivity contribution in [3.8, 4) is 22.5 Å². The Hall–Kier alpha value is -4.40. The van der Waals surface area contributed by atoms with E-state index in [0.29, 0.717) is 11.6 Å². The van der Waals surface area contributed by atoms with Crippen LogP contribution in [0.15, 0.2) is 73.2 Å². The molecule has 9 heteroatoms. The molecule has 1 aliphatic rings. The third kappa shape index (κ3) is 5.24. The molecule has 1 atom stereocenters. The number of alkyl halides is 2. The van der Waals surface area contributed by atoms with Gasteiger partial charge in [-0.2, -0.15) is 5.10 Å². The van der Waals surface area contributed by atoms with Gasteiger partial charge >= 0.3 is 0 Å². The van der Waals surface area contributed by atoms with E-state index in [2.05, 4.69) is 30.8 Å². The minimum absolute atomic E-state index is 0.308. The van der Waals surface area contributed by atoms with E-state index in [0.717, 1.165) is 33.5 Å². The van der Waals surface area contributed by atoms with Gasteiger partial charge in [0.2, 0.25) is 5.91 Å². The van der Waals surface area contributed by atoms with Gasteiger partial charge in [-0.3, -0.25) is 9.89 Å². The number of rotatable bonds is 7. The number of benzene rings is 2. The molecule has 0 bridgehead atoms. The first-order valence-electron chi connectivity index (χ1n) is 11.0. The van der Waals surface area contributed by atoms with Gasteiger partial charge in [0.1, 0.15) is 5.82 Å². The number of aromatic amines is 1. The van der Waals surface area contributed by atoms with E-state index in [1.807, 2.05) is 61.7 Å². The van der Waals surface area contributed by atoms with Crippen LogP contribution in [-0.4, -0.2) is 38.0 Å². The van der Waals surface area contributed by atoms with E-state index in [-0.39, 0.29) is 6.42 Å². The molecule has 0 saturated heterocycles. The van der Waals surface area contributed by atoms with Gasteiger partial charge in [0.25, 0.3) is 5.92 Å². The number of H-pyrrole nitrogens is 1. The Bertz CT molecular complexity index is 1380. The summed E-state index contributed by atoms with van der Waals surface area (Å²) in [5, 5.41) is 12.4. The van der Waals surface area contributed by atoms with Crippen LogP contribution >= 0.6 is 0 Å². The molecule has 2 aromatic carbocycles. The Balaban J connectivity index is 1.30. The van der Waals surface area contributed by atoms with Crippen molar-refractivity contribution >= 4 is 23.5 Å². The second kappa shape index (κ2) is 9.09. The first-order chi connectivity index (χ1) is 16.9. The highest BCUT2D eigenvalue weighted by Crippen LogP contribution is 2.41. The van der Waals surface area contributed by atoms with Crippen LogP contribution in [0.2, 0.25) is 0 Å². The minimum Gasteiger partial charge on any atom is -0.344 e. The highest BCUT2D eigenvalue weighted by molar-refractivity contribution is 5.92. The van der Waals surface area contributed by atoms with Crippen molar-refractivity contribution in [2.75, 3.05) is 5.32 Å². The lowest BCUT2D eigenvalue weighted by Crippen LogP contribution is -2.27. The molecule has 1 unspecified atom stereocenters. The van der Waals surface area contributed by atoms with Gasteiger partial charge in [0, 0.05) is 47.3 Å². The van der Waals surface area contributed by atoms with Crippen LogP contribution in [0, 0.1) is 6.92 Å². The lowest BCUT2D eigenvalue weighted by molar-refractivity contribution is -0.117. The van der Waals surface area contributed by atoms with Crippen LogP contribution in [0.3, 0.4) is 0 Å². The fraction of sp³-hybridized carbons (Fsp3) is 0.154. The van der Waals surface area contributed by atoms with Crippen molar-refractivity contribution in [1.82, 2.24) is 25.5 Å². The monoisotopic (exact) mass is 472 g/mol. The zero-order valence-electron chi connectivity index (χ0n) is 18.8. The molecule has 176 valence electrons. The number of anilines is 2. The molecule has 5 rings (SSSR count). The number of halogens is 2. The van der Waals surface area contributed by atoms with Crippen LogP contribution in [0.5, 0.6) is 0 Å². The summed E-state index contributed by atoms with van der Waals surface area (Å²) in [5.41, 5.74) is 5.32. The maximum atomic E-state index is 13.0. The second-order valence-electron chi connectivity index (χ2n) is 8.40. The second-order valence-corrected chi connectivity index (χ2v) is 8.40. The predicted molar refractivity (Wildman–Crippen MR) is 130 cm³/mol. The van der Waals surface area contributed by atoms with Gasteiger partial charge in [-0.1, -0.05) is 30.3 Å². The number of aromatic nitrogens is 4. The largest absolute Gasteiger partial charge is 0.344 e. The van der Waals surface area contributed by atoms with Gasteiger partial charge in [-0.15, -0.1) is 0 Å². The number of nitrogens with one attached hydrogen (secondary N) is 3. The molecule has 3 N–H and O–H groups in total. The van der Waals surface area contributed by atoms with Gasteiger partial charge < -0.3 is 10.6 Å². The Labute approximate surface area is 200 Å². The Morgan fingerprint density at radius 3 is 2.63 bits per heavy atom. The van der Waals surface area contributed by atoms with Gasteiger partial charge in [0.15, 0.2) is 5.82 Å². The van der Waals surface area contributed by atoms with E-state index in [1.165, 1.54) is 6.08 Å². The fourth-order valence-electron chi connectivity index (χ4n) is 3.54. The molecule has 1 amide bonds. The summed E-state index contributed by atoms with van der Waals surface area (Å²) in [7, 11) is 0. The molecule has 35 heavy (non-hydrogen) atoms. The number of amides is 1. The van der Waals surface area contributed by atoms with Crippen molar-refractivity contribution in [3.05, 3.63) is 84.3 Å². The van der Waals surface area contributed by atoms with Crippen LogP contribution in [0.1, 0.15) is 17.5 Å². The maximum absolute atomic E-state index is 13.0. The van der Waals surface area contributed by atoms with Crippen LogP contribution in [-0.2, 0) is 4.79 Å². The molecule has 1 fully saturated rings. The van der Waals surface area contributed by atoms with Crippen molar-refractivity contribution in [1.29, 1.82) is 0 Å². The van der Waals surface area contributed by atoms with Crippen molar-refractivity contribution in [2.45, 2.75) is 25.3 Å². The Morgan fingerprint density at radius 2 is 1.91 bits per heavy atom. The smallest absolute Gasteiger partial charge is 0.270 e. The summed E-state index contributed by atoms with van der Waals surface area (Å²) in [4.78, 5) is 21.0. The van der Waals surface area contributed by atoms with E-state index in [4.69, 9.17) is 0 Å². The molecular weight excluding hydrogens is 450 g/mol. The Kier molecular flexibility index (Phi) is 5.82. The lowest BCUT2D eigenvalue weighted by Gasteiger charge is -2.11. The number of aryl methyl sites for hydroxylation is 1. The quantitative estimate of drug-likeness (QED) is 0.325. The first kappa shape index (κ1) is 22.4. The molecule has 2 heterocycles. The van der Waals surface area contributed by atoms with E-state index in [1.54, 1.807) is 18.5 Å². The summed E-state index contributed by atoms with van der Waals surface area (Å²) in [6.45, 7) is 1.92. The molecule has 0 aliphatic heterocycles. The van der Waals surface area contributed by atoms with E-state index < -0.39 is 17.9 Å². The summed E-state index contributed by atoms with van der Waals surface area (Å²) >= 11 is 0. The van der Waals surface area contributed by atoms with Crippen molar-refractivity contribution < 1.29 is 13.6 Å². The fourth-order valence-corrected chi connectivity index (χ4v) is 3.54. The summed E-state index contributed by atoms with van der Waals surface area (Å²) in [5.74, 6) is -2.14. The van der Waals surface area contributed by atoms with Crippen molar-refractivity contribution in [3.63, 3.8) is 0 Å².